The van der Waals surface area contributed by atoms with Crippen molar-refractivity contribution in [1.29, 1.82) is 0 Å². The van der Waals surface area contributed by atoms with Crippen molar-refractivity contribution in [3.05, 3.63) is 42.1 Å². The minimum Gasteiger partial charge on any atom is -0.478 e. The predicted molar refractivity (Wildman–Crippen MR) is 150 cm³/mol. The number of hydrogen-bond acceptors (Lipinski definition) is 9. The average Bonchev–Trinajstić information content (AvgIpc) is 3.70. The molecule has 3 aromatic rings. The lowest BCUT2D eigenvalue weighted by Crippen LogP contribution is -2.12. The number of aldehydes is 1. The number of hydrogen-bond donors (Lipinski definition) is 4. The van der Waals surface area contributed by atoms with Crippen LogP contribution in [0.25, 0.3) is 0 Å². The molecule has 1 aliphatic carbocycles. The Bertz CT molecular complexity index is 1150. The van der Waals surface area contributed by atoms with E-state index in [1.807, 2.05) is 37.3 Å². The number of aromatic amines is 1. The first-order chi connectivity index (χ1) is 18.6. The first-order valence-electron chi connectivity index (χ1n) is 13.0. The Balaban J connectivity index is 0.00000195. The molecule has 0 radical (unpaired) electrons. The van der Waals surface area contributed by atoms with Crippen LogP contribution in [0.5, 0.6) is 5.88 Å². The standard InChI is InChI=1S/C26H32N6O3S.CH5N/c1-18-16-23(32-31-18)28-22-17-24(35-15-7-5-3-2-4-6-14-33)30-26(29-22)36-21-12-10-20(11-13-21)27-25(34)19-8-9-19;1-2/h10-14,16-17,19H,2-9,15H2,1H3,(H,27,34)(H2,28,29,30,31,32);2H2,1H3. The van der Waals surface area contributed by atoms with Gasteiger partial charge in [-0.25, -0.2) is 4.98 Å². The summed E-state index contributed by atoms with van der Waals surface area (Å²) in [7, 11) is 1.50. The van der Waals surface area contributed by atoms with E-state index in [1.165, 1.54) is 18.8 Å². The molecule has 1 amide bonds. The molecule has 1 saturated carbocycles. The van der Waals surface area contributed by atoms with Crippen molar-refractivity contribution < 1.29 is 14.3 Å². The van der Waals surface area contributed by atoms with Crippen LogP contribution in [0.3, 0.4) is 0 Å². The van der Waals surface area contributed by atoms with E-state index >= 15 is 0 Å². The highest BCUT2D eigenvalue weighted by Crippen LogP contribution is 2.32. The molecule has 1 aliphatic rings. The molecule has 4 rings (SSSR count). The van der Waals surface area contributed by atoms with E-state index in [2.05, 4.69) is 36.5 Å². The molecule has 0 aliphatic heterocycles. The van der Waals surface area contributed by atoms with Gasteiger partial charge in [0.15, 0.2) is 11.0 Å². The maximum absolute atomic E-state index is 12.0. The summed E-state index contributed by atoms with van der Waals surface area (Å²) in [4.78, 5) is 32.6. The molecule has 38 heavy (non-hydrogen) atoms. The number of rotatable bonds is 15. The third-order valence-corrected chi connectivity index (χ3v) is 6.51. The summed E-state index contributed by atoms with van der Waals surface area (Å²) < 4.78 is 5.95. The molecule has 0 bridgehead atoms. The summed E-state index contributed by atoms with van der Waals surface area (Å²) in [6.45, 7) is 2.49. The van der Waals surface area contributed by atoms with Gasteiger partial charge in [0.1, 0.15) is 12.1 Å². The zero-order valence-corrected chi connectivity index (χ0v) is 22.9. The predicted octanol–water partition coefficient (Wildman–Crippen LogP) is 5.24. The summed E-state index contributed by atoms with van der Waals surface area (Å²) in [5.41, 5.74) is 6.23. The van der Waals surface area contributed by atoms with Crippen LogP contribution in [0.15, 0.2) is 46.5 Å². The van der Waals surface area contributed by atoms with Crippen molar-refractivity contribution in [2.24, 2.45) is 11.7 Å². The first-order valence-corrected chi connectivity index (χ1v) is 13.8. The largest absolute Gasteiger partial charge is 0.478 e. The van der Waals surface area contributed by atoms with E-state index in [4.69, 9.17) is 4.74 Å². The molecule has 11 heteroatoms. The third kappa shape index (κ3) is 10.1. The molecule has 2 aromatic heterocycles. The van der Waals surface area contributed by atoms with Crippen LogP contribution in [0.2, 0.25) is 0 Å². The first kappa shape index (κ1) is 29.1. The van der Waals surface area contributed by atoms with Crippen LogP contribution < -0.4 is 21.1 Å². The molecule has 2 heterocycles. The van der Waals surface area contributed by atoms with E-state index in [0.717, 1.165) is 67.5 Å². The van der Waals surface area contributed by atoms with Gasteiger partial charge in [-0.05, 0) is 75.7 Å². The second-order valence-corrected chi connectivity index (χ2v) is 9.94. The Hall–Kier alpha value is -3.44. The number of aryl methyl sites for hydroxylation is 1. The van der Waals surface area contributed by atoms with Crippen LogP contribution in [0.1, 0.15) is 57.1 Å². The molecule has 1 aromatic carbocycles. The number of aromatic nitrogens is 4. The summed E-state index contributed by atoms with van der Waals surface area (Å²) in [6, 6.07) is 11.3. The maximum Gasteiger partial charge on any atom is 0.227 e. The van der Waals surface area contributed by atoms with Gasteiger partial charge >= 0.3 is 0 Å². The van der Waals surface area contributed by atoms with Crippen LogP contribution in [-0.4, -0.2) is 46.0 Å². The Morgan fingerprint density at radius 1 is 1.08 bits per heavy atom. The van der Waals surface area contributed by atoms with Gasteiger partial charge in [-0.3, -0.25) is 9.89 Å². The third-order valence-electron chi connectivity index (χ3n) is 5.64. The summed E-state index contributed by atoms with van der Waals surface area (Å²) in [5.74, 6) is 2.02. The number of unbranched alkanes of at least 4 members (excludes halogenated alkanes) is 5. The van der Waals surface area contributed by atoms with Gasteiger partial charge in [-0.1, -0.05) is 19.3 Å². The van der Waals surface area contributed by atoms with Crippen molar-refractivity contribution in [2.45, 2.75) is 68.3 Å². The second-order valence-electron chi connectivity index (χ2n) is 8.90. The quantitative estimate of drug-likeness (QED) is 0.115. The molecule has 0 atom stereocenters. The molecule has 10 nitrogen and oxygen atoms in total. The second kappa shape index (κ2) is 15.7. The van der Waals surface area contributed by atoms with Crippen molar-refractivity contribution in [2.75, 3.05) is 24.3 Å². The number of H-pyrrole nitrogens is 1. The zero-order valence-electron chi connectivity index (χ0n) is 22.0. The summed E-state index contributed by atoms with van der Waals surface area (Å²) in [5, 5.41) is 13.8. The Morgan fingerprint density at radius 3 is 2.50 bits per heavy atom. The molecular formula is C27H37N7O3S. The summed E-state index contributed by atoms with van der Waals surface area (Å²) in [6.07, 6.45) is 8.64. The van der Waals surface area contributed by atoms with Gasteiger partial charge in [0.25, 0.3) is 0 Å². The monoisotopic (exact) mass is 539 g/mol. The normalized spacial score (nSPS) is 12.3. The lowest BCUT2D eigenvalue weighted by atomic mass is 10.1. The van der Waals surface area contributed by atoms with E-state index in [9.17, 15) is 9.59 Å². The smallest absolute Gasteiger partial charge is 0.227 e. The van der Waals surface area contributed by atoms with E-state index in [-0.39, 0.29) is 11.8 Å². The highest BCUT2D eigenvalue weighted by molar-refractivity contribution is 7.99. The maximum atomic E-state index is 12.0. The van der Waals surface area contributed by atoms with Gasteiger partial charge in [-0.2, -0.15) is 10.1 Å². The molecule has 0 unspecified atom stereocenters. The molecule has 5 N–H and O–H groups in total. The number of benzene rings is 1. The van der Waals surface area contributed by atoms with Crippen LogP contribution in [0, 0.1) is 12.8 Å². The van der Waals surface area contributed by atoms with Crippen molar-refractivity contribution >= 4 is 41.3 Å². The molecule has 0 saturated heterocycles. The Kier molecular flexibility index (Phi) is 12.1. The van der Waals surface area contributed by atoms with Crippen molar-refractivity contribution in [3.63, 3.8) is 0 Å². The fourth-order valence-corrected chi connectivity index (χ4v) is 4.30. The number of nitrogens with one attached hydrogen (secondary N) is 3. The number of anilines is 3. The Morgan fingerprint density at radius 2 is 1.82 bits per heavy atom. The summed E-state index contributed by atoms with van der Waals surface area (Å²) >= 11 is 1.42. The number of carbonyl (C=O) groups is 2. The van der Waals surface area contributed by atoms with E-state index < -0.39 is 0 Å². The van der Waals surface area contributed by atoms with E-state index in [0.29, 0.717) is 35.7 Å². The lowest BCUT2D eigenvalue weighted by Gasteiger charge is -2.10. The Labute approximate surface area is 227 Å². The number of ether oxygens (including phenoxy) is 1. The number of nitrogens with two attached hydrogens (primary N) is 1. The molecular weight excluding hydrogens is 502 g/mol. The lowest BCUT2D eigenvalue weighted by molar-refractivity contribution is -0.117. The average molecular weight is 540 g/mol. The fraction of sp³-hybridized carbons (Fsp3) is 0.444. The fourth-order valence-electron chi connectivity index (χ4n) is 3.54. The van der Waals surface area contributed by atoms with Crippen LogP contribution in [-0.2, 0) is 9.59 Å². The highest BCUT2D eigenvalue weighted by Gasteiger charge is 2.29. The van der Waals surface area contributed by atoms with Gasteiger partial charge in [0.05, 0.1) is 6.61 Å². The number of carbonyl (C=O) groups excluding carboxylic acids is 2. The minimum absolute atomic E-state index is 0.0915. The minimum atomic E-state index is 0.0915. The van der Waals surface area contributed by atoms with E-state index in [1.54, 1.807) is 6.07 Å². The van der Waals surface area contributed by atoms with Crippen molar-refractivity contribution in [1.82, 2.24) is 20.2 Å². The van der Waals surface area contributed by atoms with Crippen LogP contribution >= 0.6 is 11.8 Å². The number of amides is 1. The van der Waals surface area contributed by atoms with Crippen molar-refractivity contribution in [3.8, 4) is 5.88 Å². The molecule has 1 fully saturated rings. The van der Waals surface area contributed by atoms with Gasteiger partial charge in [0, 0.05) is 40.7 Å². The molecule has 0 spiro atoms. The SMILES string of the molecule is CN.Cc1cc(Nc2cc(OCCCCCCCC=O)nc(Sc3ccc(NC(=O)C4CC4)cc3)n2)n[nH]1. The zero-order chi connectivity index (χ0) is 27.2. The topological polar surface area (TPSA) is 148 Å². The van der Waals surface area contributed by atoms with Crippen LogP contribution in [0.4, 0.5) is 17.3 Å². The highest BCUT2D eigenvalue weighted by atomic mass is 32.2. The van der Waals surface area contributed by atoms with Gasteiger partial charge in [0.2, 0.25) is 11.8 Å². The number of nitrogens with zero attached hydrogens (tertiary/aromatic N) is 3. The van der Waals surface area contributed by atoms with Gasteiger partial charge in [-0.15, -0.1) is 0 Å². The molecule has 204 valence electrons. The van der Waals surface area contributed by atoms with Gasteiger partial charge < -0.3 is 25.9 Å².